The molecule has 0 atom stereocenters. The zero-order chi connectivity index (χ0) is 17.9. The van der Waals surface area contributed by atoms with E-state index in [2.05, 4.69) is 25.5 Å². The Hall–Kier alpha value is -3.74. The number of carbonyl (C=O) groups is 1. The molecule has 0 unspecified atom stereocenters. The highest BCUT2D eigenvalue weighted by molar-refractivity contribution is 6.11. The summed E-state index contributed by atoms with van der Waals surface area (Å²) >= 11 is 0. The Morgan fingerprint density at radius 2 is 2.04 bits per heavy atom. The maximum atomic E-state index is 12.6. The van der Waals surface area contributed by atoms with Crippen LogP contribution in [0.3, 0.4) is 0 Å². The molecule has 0 aliphatic carbocycles. The van der Waals surface area contributed by atoms with Crippen molar-refractivity contribution in [3.8, 4) is 17.0 Å². The number of amides is 1. The molecule has 0 saturated carbocycles. The van der Waals surface area contributed by atoms with Crippen molar-refractivity contribution in [3.63, 3.8) is 0 Å². The second kappa shape index (κ2) is 6.64. The third-order valence-corrected chi connectivity index (χ3v) is 3.98. The van der Waals surface area contributed by atoms with Crippen molar-refractivity contribution in [2.75, 3.05) is 12.4 Å². The van der Waals surface area contributed by atoms with Crippen LogP contribution in [0.1, 0.15) is 10.5 Å². The summed E-state index contributed by atoms with van der Waals surface area (Å²) in [5.41, 5.74) is 3.61. The highest BCUT2D eigenvalue weighted by Gasteiger charge is 2.15. The number of aromatic amines is 1. The molecule has 2 N–H and O–H groups in total. The summed E-state index contributed by atoms with van der Waals surface area (Å²) < 4.78 is 5.01. The molecule has 0 aliphatic rings. The number of hydrogen-bond acceptors (Lipinski definition) is 5. The molecular weight excluding hydrogens is 330 g/mol. The first-order valence-corrected chi connectivity index (χ1v) is 7.94. The summed E-state index contributed by atoms with van der Waals surface area (Å²) in [4.78, 5) is 20.8. The third kappa shape index (κ3) is 2.98. The van der Waals surface area contributed by atoms with Gasteiger partial charge in [0.25, 0.3) is 5.91 Å². The van der Waals surface area contributed by atoms with Gasteiger partial charge >= 0.3 is 0 Å². The molecule has 26 heavy (non-hydrogen) atoms. The monoisotopic (exact) mass is 345 g/mol. The average Bonchev–Trinajstić information content (AvgIpc) is 3.12. The lowest BCUT2D eigenvalue weighted by Crippen LogP contribution is -2.13. The van der Waals surface area contributed by atoms with Gasteiger partial charge in [0.2, 0.25) is 5.88 Å². The van der Waals surface area contributed by atoms with E-state index in [0.717, 1.165) is 22.0 Å². The number of ether oxygens (including phenoxy) is 1. The van der Waals surface area contributed by atoms with Crippen molar-refractivity contribution < 1.29 is 9.53 Å². The Morgan fingerprint density at radius 1 is 1.12 bits per heavy atom. The van der Waals surface area contributed by atoms with Crippen LogP contribution < -0.4 is 10.1 Å². The van der Waals surface area contributed by atoms with Gasteiger partial charge in [-0.2, -0.15) is 5.10 Å². The smallest absolute Gasteiger partial charge is 0.276 e. The quantitative estimate of drug-likeness (QED) is 0.592. The van der Waals surface area contributed by atoms with Crippen LogP contribution in [0.25, 0.3) is 22.0 Å². The summed E-state index contributed by atoms with van der Waals surface area (Å²) in [6.45, 7) is 0. The van der Waals surface area contributed by atoms with E-state index in [9.17, 15) is 4.79 Å². The van der Waals surface area contributed by atoms with E-state index in [1.807, 2.05) is 30.3 Å². The molecule has 7 heteroatoms. The fourth-order valence-corrected chi connectivity index (χ4v) is 2.67. The van der Waals surface area contributed by atoms with Crippen molar-refractivity contribution in [2.24, 2.45) is 0 Å². The SMILES string of the molecule is COc1ccc(NC(=O)c2n[nH]c3ccc(-c4cccnc4)cc23)cn1. The number of rotatable bonds is 4. The first kappa shape index (κ1) is 15.8. The number of benzene rings is 1. The standard InChI is InChI=1S/C19H15N5O2/c1-26-17-7-5-14(11-21-17)22-19(25)18-15-9-12(4-6-16(15)23-24-18)13-3-2-8-20-10-13/h2-11H,1H3,(H,22,25)(H,23,24). The van der Waals surface area contributed by atoms with Crippen LogP contribution in [-0.2, 0) is 0 Å². The number of H-pyrrole nitrogens is 1. The molecule has 0 spiro atoms. The molecule has 0 radical (unpaired) electrons. The van der Waals surface area contributed by atoms with Crippen molar-refractivity contribution in [1.29, 1.82) is 0 Å². The Kier molecular flexibility index (Phi) is 4.03. The van der Waals surface area contributed by atoms with Crippen molar-refractivity contribution >= 4 is 22.5 Å². The molecule has 4 rings (SSSR count). The first-order valence-electron chi connectivity index (χ1n) is 7.94. The Labute approximate surface area is 149 Å². The van der Waals surface area contributed by atoms with Crippen LogP contribution in [0.2, 0.25) is 0 Å². The minimum absolute atomic E-state index is 0.313. The summed E-state index contributed by atoms with van der Waals surface area (Å²) in [5.74, 6) is 0.167. The number of fused-ring (bicyclic) bond motifs is 1. The van der Waals surface area contributed by atoms with Crippen LogP contribution in [0.4, 0.5) is 5.69 Å². The molecule has 0 bridgehead atoms. The van der Waals surface area contributed by atoms with Crippen LogP contribution in [0.15, 0.2) is 61.1 Å². The first-order chi connectivity index (χ1) is 12.7. The fourth-order valence-electron chi connectivity index (χ4n) is 2.67. The number of aromatic nitrogens is 4. The minimum Gasteiger partial charge on any atom is -0.481 e. The lowest BCUT2D eigenvalue weighted by atomic mass is 10.0. The molecule has 0 aliphatic heterocycles. The average molecular weight is 345 g/mol. The molecule has 4 aromatic rings. The van der Waals surface area contributed by atoms with Gasteiger partial charge in [-0.1, -0.05) is 12.1 Å². The highest BCUT2D eigenvalue weighted by Crippen LogP contribution is 2.25. The van der Waals surface area contributed by atoms with E-state index in [0.29, 0.717) is 17.3 Å². The zero-order valence-electron chi connectivity index (χ0n) is 13.9. The molecule has 3 aromatic heterocycles. The lowest BCUT2D eigenvalue weighted by Gasteiger charge is -2.05. The molecule has 1 amide bonds. The third-order valence-electron chi connectivity index (χ3n) is 3.98. The van der Waals surface area contributed by atoms with Gasteiger partial charge in [-0.05, 0) is 29.8 Å². The summed E-state index contributed by atoms with van der Waals surface area (Å²) in [6.07, 6.45) is 5.04. The number of hydrogen-bond donors (Lipinski definition) is 2. The molecule has 7 nitrogen and oxygen atoms in total. The van der Waals surface area contributed by atoms with E-state index >= 15 is 0 Å². The Morgan fingerprint density at radius 3 is 2.77 bits per heavy atom. The number of carbonyl (C=O) groups excluding carboxylic acids is 1. The molecule has 0 fully saturated rings. The van der Waals surface area contributed by atoms with Gasteiger partial charge in [-0.3, -0.25) is 14.9 Å². The predicted molar refractivity (Wildman–Crippen MR) is 98.1 cm³/mol. The molecule has 128 valence electrons. The molecule has 0 saturated heterocycles. The number of pyridine rings is 2. The second-order valence-electron chi connectivity index (χ2n) is 5.62. The van der Waals surface area contributed by atoms with E-state index in [1.54, 1.807) is 24.5 Å². The minimum atomic E-state index is -0.313. The van der Waals surface area contributed by atoms with Crippen LogP contribution in [0.5, 0.6) is 5.88 Å². The number of nitrogens with one attached hydrogen (secondary N) is 2. The normalized spacial score (nSPS) is 10.7. The lowest BCUT2D eigenvalue weighted by molar-refractivity contribution is 0.102. The molecule has 1 aromatic carbocycles. The van der Waals surface area contributed by atoms with Crippen molar-refractivity contribution in [1.82, 2.24) is 20.2 Å². The van der Waals surface area contributed by atoms with Gasteiger partial charge in [0.1, 0.15) is 0 Å². The van der Waals surface area contributed by atoms with Gasteiger partial charge in [-0.25, -0.2) is 4.98 Å². The van der Waals surface area contributed by atoms with E-state index in [1.165, 1.54) is 13.3 Å². The largest absolute Gasteiger partial charge is 0.481 e. The van der Waals surface area contributed by atoms with Gasteiger partial charge < -0.3 is 10.1 Å². The van der Waals surface area contributed by atoms with Crippen LogP contribution in [-0.4, -0.2) is 33.2 Å². The van der Waals surface area contributed by atoms with E-state index < -0.39 is 0 Å². The number of anilines is 1. The van der Waals surface area contributed by atoms with Gasteiger partial charge in [0, 0.05) is 29.4 Å². The summed E-state index contributed by atoms with van der Waals surface area (Å²) in [6, 6.07) is 13.0. The second-order valence-corrected chi connectivity index (χ2v) is 5.62. The molecule has 3 heterocycles. The summed E-state index contributed by atoms with van der Waals surface area (Å²) in [5, 5.41) is 10.6. The van der Waals surface area contributed by atoms with E-state index in [4.69, 9.17) is 4.74 Å². The highest BCUT2D eigenvalue weighted by atomic mass is 16.5. The topological polar surface area (TPSA) is 92.8 Å². The maximum absolute atomic E-state index is 12.6. The maximum Gasteiger partial charge on any atom is 0.276 e. The zero-order valence-corrected chi connectivity index (χ0v) is 13.9. The summed E-state index contributed by atoms with van der Waals surface area (Å²) in [7, 11) is 1.54. The Balaban J connectivity index is 1.66. The van der Waals surface area contributed by atoms with Crippen LogP contribution in [0, 0.1) is 0 Å². The van der Waals surface area contributed by atoms with E-state index in [-0.39, 0.29) is 5.91 Å². The van der Waals surface area contributed by atoms with Gasteiger partial charge in [0.05, 0.1) is 24.5 Å². The fraction of sp³-hybridized carbons (Fsp3) is 0.0526. The Bertz CT molecular complexity index is 1060. The number of methoxy groups -OCH3 is 1. The predicted octanol–water partition coefficient (Wildman–Crippen LogP) is 3.28. The van der Waals surface area contributed by atoms with Gasteiger partial charge in [-0.15, -0.1) is 0 Å². The van der Waals surface area contributed by atoms with Crippen molar-refractivity contribution in [2.45, 2.75) is 0 Å². The van der Waals surface area contributed by atoms with Crippen LogP contribution >= 0.6 is 0 Å². The van der Waals surface area contributed by atoms with Gasteiger partial charge in [0.15, 0.2) is 5.69 Å². The molecular formula is C19H15N5O2. The van der Waals surface area contributed by atoms with Crippen molar-refractivity contribution in [3.05, 3.63) is 66.7 Å². The number of nitrogens with zero attached hydrogens (tertiary/aromatic N) is 3.